The van der Waals surface area contributed by atoms with Crippen molar-refractivity contribution in [1.29, 1.82) is 0 Å². The maximum atomic E-state index is 12.3. The van der Waals surface area contributed by atoms with Crippen LogP contribution in [0.1, 0.15) is 34.3 Å². The number of ether oxygens (including phenoxy) is 1. The van der Waals surface area contributed by atoms with Crippen LogP contribution in [0.4, 0.5) is 11.4 Å². The van der Waals surface area contributed by atoms with Gasteiger partial charge in [-0.05, 0) is 49.6 Å². The summed E-state index contributed by atoms with van der Waals surface area (Å²) in [5.74, 6) is -1.10. The minimum Gasteiger partial charge on any atom is -0.452 e. The monoisotopic (exact) mass is 400 g/mol. The first-order chi connectivity index (χ1) is 13.4. The second-order valence-electron chi connectivity index (χ2n) is 6.71. The van der Waals surface area contributed by atoms with Crippen LogP contribution in [0.2, 0.25) is 5.02 Å². The highest BCUT2D eigenvalue weighted by Crippen LogP contribution is 2.30. The molecule has 0 unspecified atom stereocenters. The van der Waals surface area contributed by atoms with Gasteiger partial charge in [-0.1, -0.05) is 29.8 Å². The Morgan fingerprint density at radius 2 is 1.89 bits per heavy atom. The zero-order valence-corrected chi connectivity index (χ0v) is 16.5. The molecular weight excluding hydrogens is 380 g/mol. The summed E-state index contributed by atoms with van der Waals surface area (Å²) in [6, 6.07) is 10.3. The Labute approximate surface area is 168 Å². The Morgan fingerprint density at radius 3 is 2.54 bits per heavy atom. The van der Waals surface area contributed by atoms with Gasteiger partial charge in [0.15, 0.2) is 6.61 Å². The predicted molar refractivity (Wildman–Crippen MR) is 108 cm³/mol. The standard InChI is InChI=1S/C21H21ClN2O4/c1-13-5-3-6-14(2)20(13)23-18(25)12-28-21(27)15-8-9-16(22)17(11-15)24-10-4-7-19(24)26/h3,5-6,8-9,11H,4,7,10,12H2,1-2H3,(H,23,25). The molecule has 7 heteroatoms. The average Bonchev–Trinajstić information content (AvgIpc) is 3.09. The highest BCUT2D eigenvalue weighted by atomic mass is 35.5. The lowest BCUT2D eigenvalue weighted by Crippen LogP contribution is -2.25. The van der Waals surface area contributed by atoms with Gasteiger partial charge in [-0.25, -0.2) is 4.79 Å². The Balaban J connectivity index is 1.65. The number of amides is 2. The van der Waals surface area contributed by atoms with Crippen molar-refractivity contribution in [3.63, 3.8) is 0 Å². The lowest BCUT2D eigenvalue weighted by molar-refractivity contribution is -0.119. The molecule has 0 bridgehead atoms. The highest BCUT2D eigenvalue weighted by molar-refractivity contribution is 6.34. The van der Waals surface area contributed by atoms with E-state index in [4.69, 9.17) is 16.3 Å². The number of anilines is 2. The number of carbonyl (C=O) groups excluding carboxylic acids is 3. The first-order valence-corrected chi connectivity index (χ1v) is 9.37. The second kappa shape index (κ2) is 8.44. The van der Waals surface area contributed by atoms with Gasteiger partial charge in [0, 0.05) is 18.7 Å². The Bertz CT molecular complexity index is 922. The number of nitrogens with one attached hydrogen (secondary N) is 1. The summed E-state index contributed by atoms with van der Waals surface area (Å²) in [6.07, 6.45) is 1.21. The molecule has 6 nitrogen and oxygen atoms in total. The summed E-state index contributed by atoms with van der Waals surface area (Å²) in [5.41, 5.74) is 3.29. The van der Waals surface area contributed by atoms with Crippen molar-refractivity contribution < 1.29 is 19.1 Å². The lowest BCUT2D eigenvalue weighted by atomic mass is 10.1. The molecule has 2 aromatic rings. The number of nitrogens with zero attached hydrogens (tertiary/aromatic N) is 1. The minimum absolute atomic E-state index is 0.0274. The number of esters is 1. The van der Waals surface area contributed by atoms with Crippen molar-refractivity contribution in [2.75, 3.05) is 23.4 Å². The van der Waals surface area contributed by atoms with Gasteiger partial charge in [0.2, 0.25) is 5.91 Å². The van der Waals surface area contributed by atoms with E-state index in [9.17, 15) is 14.4 Å². The van der Waals surface area contributed by atoms with E-state index in [-0.39, 0.29) is 11.5 Å². The first kappa shape index (κ1) is 19.9. The van der Waals surface area contributed by atoms with Gasteiger partial charge in [0.05, 0.1) is 16.3 Å². The first-order valence-electron chi connectivity index (χ1n) is 9.00. The fraction of sp³-hybridized carbons (Fsp3) is 0.286. The fourth-order valence-corrected chi connectivity index (χ4v) is 3.37. The van der Waals surface area contributed by atoms with Crippen LogP contribution in [0.3, 0.4) is 0 Å². The smallest absolute Gasteiger partial charge is 0.338 e. The molecule has 1 N–H and O–H groups in total. The summed E-state index contributed by atoms with van der Waals surface area (Å²) >= 11 is 6.18. The average molecular weight is 401 g/mol. The molecule has 1 fully saturated rings. The highest BCUT2D eigenvalue weighted by Gasteiger charge is 2.25. The van der Waals surface area contributed by atoms with Gasteiger partial charge < -0.3 is 15.0 Å². The molecule has 2 amide bonds. The molecule has 28 heavy (non-hydrogen) atoms. The van der Waals surface area contributed by atoms with Crippen molar-refractivity contribution in [2.45, 2.75) is 26.7 Å². The van der Waals surface area contributed by atoms with E-state index in [0.717, 1.165) is 17.5 Å². The van der Waals surface area contributed by atoms with E-state index >= 15 is 0 Å². The number of hydrogen-bond acceptors (Lipinski definition) is 4. The quantitative estimate of drug-likeness (QED) is 0.773. The summed E-state index contributed by atoms with van der Waals surface area (Å²) < 4.78 is 5.13. The van der Waals surface area contributed by atoms with Gasteiger partial charge in [0.1, 0.15) is 0 Å². The minimum atomic E-state index is -0.652. The summed E-state index contributed by atoms with van der Waals surface area (Å²) in [4.78, 5) is 38.0. The number of aryl methyl sites for hydroxylation is 2. The SMILES string of the molecule is Cc1cccc(C)c1NC(=O)COC(=O)c1ccc(Cl)c(N2CCCC2=O)c1. The second-order valence-corrected chi connectivity index (χ2v) is 7.11. The number of hydrogen-bond donors (Lipinski definition) is 1. The number of para-hydroxylation sites is 1. The topological polar surface area (TPSA) is 75.7 Å². The maximum absolute atomic E-state index is 12.3. The molecule has 0 aliphatic carbocycles. The molecule has 3 rings (SSSR count). The van der Waals surface area contributed by atoms with E-state index < -0.39 is 18.5 Å². The maximum Gasteiger partial charge on any atom is 0.338 e. The van der Waals surface area contributed by atoms with Crippen LogP contribution in [0.5, 0.6) is 0 Å². The summed E-state index contributed by atoms with van der Waals surface area (Å²) in [7, 11) is 0. The third-order valence-corrected chi connectivity index (χ3v) is 4.95. The van der Waals surface area contributed by atoms with Crippen LogP contribution in [-0.2, 0) is 14.3 Å². The van der Waals surface area contributed by atoms with E-state index in [1.165, 1.54) is 12.1 Å². The van der Waals surface area contributed by atoms with Crippen molar-refractivity contribution in [1.82, 2.24) is 0 Å². The molecule has 1 aliphatic rings. The molecule has 1 saturated heterocycles. The van der Waals surface area contributed by atoms with E-state index in [1.54, 1.807) is 11.0 Å². The van der Waals surface area contributed by atoms with E-state index in [1.807, 2.05) is 32.0 Å². The van der Waals surface area contributed by atoms with Crippen molar-refractivity contribution in [3.05, 3.63) is 58.1 Å². The molecule has 0 radical (unpaired) electrons. The van der Waals surface area contributed by atoms with E-state index in [2.05, 4.69) is 5.32 Å². The van der Waals surface area contributed by atoms with Crippen molar-refractivity contribution in [2.24, 2.45) is 0 Å². The lowest BCUT2D eigenvalue weighted by Gasteiger charge is -2.18. The van der Waals surface area contributed by atoms with Gasteiger partial charge in [-0.3, -0.25) is 9.59 Å². The van der Waals surface area contributed by atoms with Crippen LogP contribution in [0.25, 0.3) is 0 Å². The van der Waals surface area contributed by atoms with Crippen LogP contribution >= 0.6 is 11.6 Å². The largest absolute Gasteiger partial charge is 0.452 e. The van der Waals surface area contributed by atoms with Gasteiger partial charge >= 0.3 is 5.97 Å². The Morgan fingerprint density at radius 1 is 1.18 bits per heavy atom. The predicted octanol–water partition coefficient (Wildman–Crippen LogP) is 3.88. The normalized spacial score (nSPS) is 13.5. The fourth-order valence-electron chi connectivity index (χ4n) is 3.15. The number of rotatable bonds is 5. The molecule has 0 spiro atoms. The number of carbonyl (C=O) groups is 3. The molecule has 146 valence electrons. The van der Waals surface area contributed by atoms with Crippen LogP contribution < -0.4 is 10.2 Å². The van der Waals surface area contributed by atoms with E-state index in [0.29, 0.717) is 29.4 Å². The van der Waals surface area contributed by atoms with Crippen molar-refractivity contribution in [3.8, 4) is 0 Å². The number of benzene rings is 2. The van der Waals surface area contributed by atoms with Gasteiger partial charge in [-0.15, -0.1) is 0 Å². The molecule has 2 aromatic carbocycles. The molecule has 1 heterocycles. The molecule has 0 atom stereocenters. The zero-order valence-electron chi connectivity index (χ0n) is 15.8. The third-order valence-electron chi connectivity index (χ3n) is 4.63. The summed E-state index contributed by atoms with van der Waals surface area (Å²) in [6.45, 7) is 3.94. The molecule has 0 aromatic heterocycles. The third kappa shape index (κ3) is 4.34. The van der Waals surface area contributed by atoms with Crippen LogP contribution in [0.15, 0.2) is 36.4 Å². The van der Waals surface area contributed by atoms with Crippen LogP contribution in [-0.4, -0.2) is 30.9 Å². The zero-order chi connectivity index (χ0) is 20.3. The van der Waals surface area contributed by atoms with Crippen LogP contribution in [0, 0.1) is 13.8 Å². The van der Waals surface area contributed by atoms with Gasteiger partial charge in [-0.2, -0.15) is 0 Å². The Kier molecular flexibility index (Phi) is 5.99. The molecule has 1 aliphatic heterocycles. The molecular formula is C21H21ClN2O4. The Hall–Kier alpha value is -2.86. The molecule has 0 saturated carbocycles. The van der Waals surface area contributed by atoms with Gasteiger partial charge in [0.25, 0.3) is 5.91 Å². The van der Waals surface area contributed by atoms with Crippen molar-refractivity contribution >= 4 is 40.8 Å². The number of halogens is 1. The summed E-state index contributed by atoms with van der Waals surface area (Å²) in [5, 5.41) is 3.15.